The predicted molar refractivity (Wildman–Crippen MR) is 85.5 cm³/mol. The van der Waals surface area contributed by atoms with Crippen LogP contribution in [0.2, 0.25) is 0 Å². The number of hydrogen-bond donors (Lipinski definition) is 0. The summed E-state index contributed by atoms with van der Waals surface area (Å²) < 4.78 is 36.3. The summed E-state index contributed by atoms with van der Waals surface area (Å²) in [5.41, 5.74) is 6.65. The van der Waals surface area contributed by atoms with Crippen LogP contribution in [-0.4, -0.2) is 0 Å². The van der Waals surface area contributed by atoms with Crippen molar-refractivity contribution in [3.63, 3.8) is 0 Å². The molecule has 1 aromatic heterocycles. The monoisotopic (exact) mass is 371 g/mol. The molecule has 2 aromatic carbocycles. The van der Waals surface area contributed by atoms with Gasteiger partial charge in [-0.2, -0.15) is 4.57 Å². The van der Waals surface area contributed by atoms with E-state index in [1.54, 1.807) is 0 Å². The van der Waals surface area contributed by atoms with Gasteiger partial charge in [-0.15, -0.1) is 10.2 Å². The minimum atomic E-state index is -4.94. The fourth-order valence-corrected chi connectivity index (χ4v) is 3.35. The maximum absolute atomic E-state index is 8.49. The van der Waals surface area contributed by atoms with Crippen molar-refractivity contribution in [2.24, 2.45) is 0 Å². The lowest BCUT2D eigenvalue weighted by molar-refractivity contribution is -2.00. The van der Waals surface area contributed by atoms with E-state index < -0.39 is 10.2 Å². The summed E-state index contributed by atoms with van der Waals surface area (Å²) in [4.78, 5) is 0. The van der Waals surface area contributed by atoms with E-state index in [4.69, 9.17) is 18.6 Å². The van der Waals surface area contributed by atoms with Gasteiger partial charge in [0.15, 0.2) is 11.9 Å². The molecule has 4 rings (SSSR count). The van der Waals surface area contributed by atoms with Gasteiger partial charge in [0.25, 0.3) is 0 Å². The van der Waals surface area contributed by atoms with Crippen molar-refractivity contribution in [1.29, 1.82) is 0 Å². The highest BCUT2D eigenvalue weighted by Crippen LogP contribution is 2.38. The number of benzene rings is 2. The van der Waals surface area contributed by atoms with Gasteiger partial charge >= 0.3 is 0 Å². The van der Waals surface area contributed by atoms with Crippen LogP contribution in [0.3, 0.4) is 0 Å². The van der Waals surface area contributed by atoms with E-state index in [1.165, 1.54) is 28.1 Å². The SMILES string of the molecule is CC1(C)c2ccccc2-[n+]2ccc(-c3ccccc3)cc21.[O-][Cl+3]([O-])([O-])[O-]. The van der Waals surface area contributed by atoms with Crippen molar-refractivity contribution in [3.8, 4) is 16.8 Å². The molecule has 134 valence electrons. The van der Waals surface area contributed by atoms with Crippen LogP contribution in [0, 0.1) is 10.2 Å². The third-order valence-electron chi connectivity index (χ3n) is 4.54. The standard InChI is InChI=1S/C20H18N.ClHO4/c1-20(2)17-10-6-7-11-18(17)21-13-12-16(14-19(20)21)15-8-4-3-5-9-15;2-1(3,4)5/h3-14H,1-2H3;(H,2,3,4,5)/q+1;/p-1. The molecule has 0 atom stereocenters. The second-order valence-corrected chi connectivity index (χ2v) is 7.31. The fraction of sp³-hybridized carbons (Fsp3) is 0.150. The largest absolute Gasteiger partial charge is 0.222 e. The molecule has 6 heteroatoms. The summed E-state index contributed by atoms with van der Waals surface area (Å²) in [6.45, 7) is 4.61. The third kappa shape index (κ3) is 3.77. The smallest absolute Gasteiger partial charge is 0.215 e. The average molecular weight is 372 g/mol. The number of fused-ring (bicyclic) bond motifs is 3. The molecule has 0 aliphatic carbocycles. The number of hydrogen-bond acceptors (Lipinski definition) is 4. The van der Waals surface area contributed by atoms with Crippen molar-refractivity contribution in [2.45, 2.75) is 19.3 Å². The Kier molecular flexibility index (Phi) is 4.84. The Morgan fingerprint density at radius 2 is 1.35 bits per heavy atom. The molecule has 5 nitrogen and oxygen atoms in total. The Hall–Kier alpha value is -2.28. The van der Waals surface area contributed by atoms with E-state index in [0.29, 0.717) is 0 Å². The van der Waals surface area contributed by atoms with Gasteiger partial charge in [-0.05, 0) is 25.0 Å². The van der Waals surface area contributed by atoms with Gasteiger partial charge < -0.3 is 0 Å². The van der Waals surface area contributed by atoms with Crippen molar-refractivity contribution in [1.82, 2.24) is 0 Å². The molecule has 3 aromatic rings. The van der Waals surface area contributed by atoms with Crippen molar-refractivity contribution in [2.75, 3.05) is 0 Å². The van der Waals surface area contributed by atoms with E-state index in [0.717, 1.165) is 0 Å². The van der Waals surface area contributed by atoms with E-state index in [2.05, 4.69) is 91.3 Å². The zero-order valence-corrected chi connectivity index (χ0v) is 15.1. The lowest BCUT2D eigenvalue weighted by Crippen LogP contribution is -2.68. The molecule has 2 heterocycles. The van der Waals surface area contributed by atoms with Crippen LogP contribution in [0.25, 0.3) is 16.8 Å². The van der Waals surface area contributed by atoms with Crippen LogP contribution in [0.1, 0.15) is 25.1 Å². The zero-order chi connectivity index (χ0) is 18.9. The summed E-state index contributed by atoms with van der Waals surface area (Å²) in [6.07, 6.45) is 2.20. The molecule has 1 aliphatic rings. The molecule has 0 radical (unpaired) electrons. The van der Waals surface area contributed by atoms with Crippen molar-refractivity contribution >= 4 is 0 Å². The maximum Gasteiger partial charge on any atom is 0.215 e. The van der Waals surface area contributed by atoms with Crippen molar-refractivity contribution < 1.29 is 33.4 Å². The van der Waals surface area contributed by atoms with Gasteiger partial charge in [0.1, 0.15) is 0 Å². The van der Waals surface area contributed by atoms with Crippen molar-refractivity contribution in [3.05, 3.63) is 84.2 Å². The molecule has 26 heavy (non-hydrogen) atoms. The second-order valence-electron chi connectivity index (χ2n) is 6.56. The molecular formula is C20H18ClNO4. The van der Waals surface area contributed by atoms with Crippen LogP contribution >= 0.6 is 0 Å². The Balaban J connectivity index is 0.000000349. The lowest BCUT2D eigenvalue weighted by atomic mass is 9.82. The van der Waals surface area contributed by atoms with Crippen LogP contribution < -0.4 is 23.2 Å². The molecule has 0 saturated heterocycles. The van der Waals surface area contributed by atoms with Crippen LogP contribution in [-0.2, 0) is 5.41 Å². The topological polar surface area (TPSA) is 96.1 Å². The fourth-order valence-electron chi connectivity index (χ4n) is 3.35. The van der Waals surface area contributed by atoms with E-state index >= 15 is 0 Å². The Bertz CT molecular complexity index is 915. The normalized spacial score (nSPS) is 14.1. The first kappa shape index (κ1) is 18.5. The Morgan fingerprint density at radius 1 is 0.769 bits per heavy atom. The highest BCUT2D eigenvalue weighted by Gasteiger charge is 2.43. The van der Waals surface area contributed by atoms with E-state index in [-0.39, 0.29) is 5.41 Å². The molecule has 0 unspecified atom stereocenters. The van der Waals surface area contributed by atoms with Crippen LogP contribution in [0.5, 0.6) is 0 Å². The van der Waals surface area contributed by atoms with Gasteiger partial charge in [-0.3, -0.25) is 0 Å². The molecule has 1 aliphatic heterocycles. The number of aromatic nitrogens is 1. The molecule has 0 amide bonds. The number of nitrogens with zero attached hydrogens (tertiary/aromatic N) is 1. The summed E-state index contributed by atoms with van der Waals surface area (Å²) in [6, 6.07) is 23.8. The molecule has 0 saturated carbocycles. The first-order valence-corrected chi connectivity index (χ1v) is 9.24. The highest BCUT2D eigenvalue weighted by atomic mass is 35.7. The maximum atomic E-state index is 8.49. The van der Waals surface area contributed by atoms with E-state index in [1.807, 2.05) is 0 Å². The van der Waals surface area contributed by atoms with Crippen LogP contribution in [0.15, 0.2) is 72.9 Å². The minimum absolute atomic E-state index is 0.0430. The van der Waals surface area contributed by atoms with Gasteiger partial charge in [-0.1, -0.05) is 48.5 Å². The summed E-state index contributed by atoms with van der Waals surface area (Å²) in [5.74, 6) is 0. The summed E-state index contributed by atoms with van der Waals surface area (Å²) >= 11 is 0. The average Bonchev–Trinajstić information content (AvgIpc) is 2.82. The highest BCUT2D eigenvalue weighted by molar-refractivity contribution is 5.64. The molecule has 0 bridgehead atoms. The number of para-hydroxylation sites is 1. The van der Waals surface area contributed by atoms with Gasteiger partial charge in [0.2, 0.25) is 5.69 Å². The first-order chi connectivity index (χ1) is 12.2. The van der Waals surface area contributed by atoms with Crippen LogP contribution in [0.4, 0.5) is 0 Å². The number of halogens is 1. The zero-order valence-electron chi connectivity index (χ0n) is 14.4. The molecule has 0 spiro atoms. The number of pyridine rings is 1. The second kappa shape index (κ2) is 6.79. The minimum Gasteiger partial charge on any atom is -0.222 e. The summed E-state index contributed by atoms with van der Waals surface area (Å²) in [7, 11) is -4.94. The van der Waals surface area contributed by atoms with Gasteiger partial charge in [-0.25, -0.2) is 18.6 Å². The van der Waals surface area contributed by atoms with E-state index in [9.17, 15) is 0 Å². The lowest BCUT2D eigenvalue weighted by Gasteiger charge is -2.17. The quantitative estimate of drug-likeness (QED) is 0.539. The van der Waals surface area contributed by atoms with Gasteiger partial charge in [0, 0.05) is 23.8 Å². The molecule has 0 fully saturated rings. The third-order valence-corrected chi connectivity index (χ3v) is 4.54. The van der Waals surface area contributed by atoms with Gasteiger partial charge in [0.05, 0.1) is 5.41 Å². The Labute approximate surface area is 154 Å². The first-order valence-electron chi connectivity index (χ1n) is 8.01. The predicted octanol–water partition coefficient (Wildman–Crippen LogP) is -0.486. The molecular weight excluding hydrogens is 354 g/mol. The summed E-state index contributed by atoms with van der Waals surface area (Å²) in [5, 5.41) is 0. The Morgan fingerprint density at radius 3 is 2.00 bits per heavy atom. The molecule has 0 N–H and O–H groups in total. The number of rotatable bonds is 1.